The van der Waals surface area contributed by atoms with Crippen LogP contribution in [-0.2, 0) is 4.79 Å². The van der Waals surface area contributed by atoms with Gasteiger partial charge in [0.15, 0.2) is 4.34 Å². The second kappa shape index (κ2) is 7.63. The molecule has 2 N–H and O–H groups in total. The summed E-state index contributed by atoms with van der Waals surface area (Å²) in [6.07, 6.45) is 0. The van der Waals surface area contributed by atoms with E-state index >= 15 is 0 Å². The van der Waals surface area contributed by atoms with Crippen LogP contribution < -0.4 is 10.6 Å². The number of hydrogen-bond donors (Lipinski definition) is 2. The zero-order chi connectivity index (χ0) is 15.2. The van der Waals surface area contributed by atoms with Gasteiger partial charge >= 0.3 is 0 Å². The number of carbonyl (C=O) groups is 1. The number of anilines is 2. The van der Waals surface area contributed by atoms with Crippen molar-refractivity contribution >= 4 is 51.4 Å². The first-order chi connectivity index (χ1) is 10.1. The molecule has 1 amide bonds. The molecule has 5 nitrogen and oxygen atoms in total. The number of rotatable bonds is 6. The topological polar surface area (TPSA) is 66.9 Å². The molecule has 1 heterocycles. The second-order valence-electron chi connectivity index (χ2n) is 4.16. The molecule has 0 aliphatic rings. The first-order valence-electron chi connectivity index (χ1n) is 6.39. The molecule has 0 bridgehead atoms. The fraction of sp³-hybridized carbons (Fsp3) is 0.308. The van der Waals surface area contributed by atoms with Gasteiger partial charge in [0.2, 0.25) is 11.0 Å². The summed E-state index contributed by atoms with van der Waals surface area (Å²) in [5.41, 5.74) is 0.686. The van der Waals surface area contributed by atoms with E-state index in [0.29, 0.717) is 10.7 Å². The number of nitrogens with one attached hydrogen (secondary N) is 2. The molecule has 0 aliphatic heterocycles. The predicted molar refractivity (Wildman–Crippen MR) is 89.5 cm³/mol. The van der Waals surface area contributed by atoms with Crippen LogP contribution in [0.5, 0.6) is 0 Å². The average Bonchev–Trinajstić information content (AvgIpc) is 2.86. The summed E-state index contributed by atoms with van der Waals surface area (Å²) in [7, 11) is 0. The van der Waals surface area contributed by atoms with Crippen molar-refractivity contribution in [2.24, 2.45) is 0 Å². The van der Waals surface area contributed by atoms with E-state index in [9.17, 15) is 4.79 Å². The zero-order valence-corrected chi connectivity index (χ0v) is 14.0. The number of halogens is 1. The SMILES string of the molecule is CCNc1nnc(SC(C)C(=O)Nc2cccc(Cl)c2)s1. The highest BCUT2D eigenvalue weighted by atomic mass is 35.5. The Morgan fingerprint density at radius 3 is 3.00 bits per heavy atom. The molecule has 0 saturated carbocycles. The van der Waals surface area contributed by atoms with Crippen LogP contribution in [0.4, 0.5) is 10.8 Å². The van der Waals surface area contributed by atoms with E-state index in [1.54, 1.807) is 24.3 Å². The Morgan fingerprint density at radius 2 is 2.29 bits per heavy atom. The summed E-state index contributed by atoms with van der Waals surface area (Å²) in [4.78, 5) is 12.1. The molecule has 1 aromatic carbocycles. The highest BCUT2D eigenvalue weighted by Crippen LogP contribution is 2.29. The van der Waals surface area contributed by atoms with Crippen molar-refractivity contribution in [1.29, 1.82) is 0 Å². The minimum Gasteiger partial charge on any atom is -0.360 e. The summed E-state index contributed by atoms with van der Waals surface area (Å²) in [6.45, 7) is 4.62. The van der Waals surface area contributed by atoms with Gasteiger partial charge in [-0.1, -0.05) is 40.8 Å². The van der Waals surface area contributed by atoms with E-state index in [2.05, 4.69) is 20.8 Å². The quantitative estimate of drug-likeness (QED) is 0.783. The molecule has 0 radical (unpaired) electrons. The van der Waals surface area contributed by atoms with Gasteiger partial charge in [-0.2, -0.15) is 0 Å². The molecule has 0 aliphatic carbocycles. The van der Waals surface area contributed by atoms with Crippen LogP contribution >= 0.6 is 34.7 Å². The van der Waals surface area contributed by atoms with Crippen LogP contribution in [0.2, 0.25) is 5.02 Å². The molecule has 1 aromatic heterocycles. The van der Waals surface area contributed by atoms with E-state index in [1.807, 2.05) is 13.8 Å². The standard InChI is InChI=1S/C13H15ClN4OS2/c1-3-15-12-17-18-13(21-12)20-8(2)11(19)16-10-6-4-5-9(14)7-10/h4-8H,3H2,1-2H3,(H,15,17)(H,16,19). The van der Waals surface area contributed by atoms with Gasteiger partial charge in [-0.05, 0) is 32.0 Å². The van der Waals surface area contributed by atoms with Gasteiger partial charge in [-0.25, -0.2) is 0 Å². The van der Waals surface area contributed by atoms with Crippen molar-refractivity contribution < 1.29 is 4.79 Å². The Bertz CT molecular complexity index is 620. The van der Waals surface area contributed by atoms with Gasteiger partial charge in [0.1, 0.15) is 0 Å². The third-order valence-corrected chi connectivity index (χ3v) is 4.77. The minimum absolute atomic E-state index is 0.0949. The van der Waals surface area contributed by atoms with E-state index in [0.717, 1.165) is 16.0 Å². The lowest BCUT2D eigenvalue weighted by Gasteiger charge is -2.10. The van der Waals surface area contributed by atoms with Crippen LogP contribution in [0.1, 0.15) is 13.8 Å². The smallest absolute Gasteiger partial charge is 0.237 e. The number of aromatic nitrogens is 2. The highest BCUT2D eigenvalue weighted by Gasteiger charge is 2.17. The molecule has 1 atom stereocenters. The van der Waals surface area contributed by atoms with Gasteiger partial charge in [0.05, 0.1) is 5.25 Å². The van der Waals surface area contributed by atoms with Gasteiger partial charge < -0.3 is 10.6 Å². The predicted octanol–water partition coefficient (Wildman–Crippen LogP) is 3.74. The molecule has 112 valence electrons. The molecular formula is C13H15ClN4OS2. The van der Waals surface area contributed by atoms with Crippen molar-refractivity contribution in [2.75, 3.05) is 17.2 Å². The maximum atomic E-state index is 12.1. The number of carbonyl (C=O) groups excluding carboxylic acids is 1. The third kappa shape index (κ3) is 4.87. The summed E-state index contributed by atoms with van der Waals surface area (Å²) in [5.74, 6) is -0.0949. The van der Waals surface area contributed by atoms with E-state index < -0.39 is 0 Å². The Labute approximate surface area is 136 Å². The third-order valence-electron chi connectivity index (χ3n) is 2.47. The number of nitrogens with zero attached hydrogens (tertiary/aromatic N) is 2. The molecule has 0 saturated heterocycles. The second-order valence-corrected chi connectivity index (χ2v) is 7.17. The molecule has 1 unspecified atom stereocenters. The zero-order valence-electron chi connectivity index (χ0n) is 11.6. The van der Waals surface area contributed by atoms with Gasteiger partial charge in [-0.15, -0.1) is 10.2 Å². The molecule has 2 rings (SSSR count). The van der Waals surface area contributed by atoms with Gasteiger partial charge in [0, 0.05) is 17.3 Å². The number of hydrogen-bond acceptors (Lipinski definition) is 6. The first-order valence-corrected chi connectivity index (χ1v) is 8.46. The Morgan fingerprint density at radius 1 is 1.48 bits per heavy atom. The molecular weight excluding hydrogens is 328 g/mol. The lowest BCUT2D eigenvalue weighted by Crippen LogP contribution is -2.22. The van der Waals surface area contributed by atoms with Crippen LogP contribution in [0, 0.1) is 0 Å². The Kier molecular flexibility index (Phi) is 5.84. The van der Waals surface area contributed by atoms with Crippen molar-refractivity contribution in [1.82, 2.24) is 10.2 Å². The lowest BCUT2D eigenvalue weighted by atomic mass is 10.3. The molecule has 2 aromatic rings. The lowest BCUT2D eigenvalue weighted by molar-refractivity contribution is -0.115. The number of thioether (sulfide) groups is 1. The minimum atomic E-state index is -0.272. The normalized spacial score (nSPS) is 12.0. The Hall–Kier alpha value is -1.31. The fourth-order valence-corrected chi connectivity index (χ4v) is 3.65. The van der Waals surface area contributed by atoms with E-state index in [-0.39, 0.29) is 11.2 Å². The molecule has 0 spiro atoms. The van der Waals surface area contributed by atoms with Crippen molar-refractivity contribution in [2.45, 2.75) is 23.4 Å². The maximum Gasteiger partial charge on any atom is 0.237 e. The van der Waals surface area contributed by atoms with E-state index in [4.69, 9.17) is 11.6 Å². The van der Waals surface area contributed by atoms with Crippen molar-refractivity contribution in [3.8, 4) is 0 Å². The molecule has 21 heavy (non-hydrogen) atoms. The first kappa shape index (κ1) is 16.1. The molecule has 0 fully saturated rings. The van der Waals surface area contributed by atoms with Crippen LogP contribution in [-0.4, -0.2) is 27.9 Å². The summed E-state index contributed by atoms with van der Waals surface area (Å²) in [6, 6.07) is 7.07. The maximum absolute atomic E-state index is 12.1. The molecule has 8 heteroatoms. The summed E-state index contributed by atoms with van der Waals surface area (Å²) in [5, 5.41) is 15.1. The van der Waals surface area contributed by atoms with Gasteiger partial charge in [-0.3, -0.25) is 4.79 Å². The van der Waals surface area contributed by atoms with Crippen LogP contribution in [0.3, 0.4) is 0 Å². The number of benzene rings is 1. The fourth-order valence-electron chi connectivity index (χ4n) is 1.49. The average molecular weight is 343 g/mol. The summed E-state index contributed by atoms with van der Waals surface area (Å²) < 4.78 is 0.764. The van der Waals surface area contributed by atoms with Crippen LogP contribution in [0.15, 0.2) is 28.6 Å². The van der Waals surface area contributed by atoms with Crippen molar-refractivity contribution in [3.05, 3.63) is 29.3 Å². The van der Waals surface area contributed by atoms with E-state index in [1.165, 1.54) is 23.1 Å². The summed E-state index contributed by atoms with van der Waals surface area (Å²) >= 11 is 8.71. The van der Waals surface area contributed by atoms with Gasteiger partial charge in [0.25, 0.3) is 0 Å². The Balaban J connectivity index is 1.92. The van der Waals surface area contributed by atoms with Crippen molar-refractivity contribution in [3.63, 3.8) is 0 Å². The number of amides is 1. The van der Waals surface area contributed by atoms with Crippen LogP contribution in [0.25, 0.3) is 0 Å². The monoisotopic (exact) mass is 342 g/mol. The largest absolute Gasteiger partial charge is 0.360 e. The highest BCUT2D eigenvalue weighted by molar-refractivity contribution is 8.02.